The van der Waals surface area contributed by atoms with E-state index in [0.29, 0.717) is 10.7 Å². The molecule has 0 unspecified atom stereocenters. The SMILES string of the molecule is CCC[C@@H](C)NC(=O)[C@@H](C)N(c1cccc(Cl)c1)S(C)(=O)=O. The number of sulfonamides is 1. The van der Waals surface area contributed by atoms with E-state index >= 15 is 0 Å². The van der Waals surface area contributed by atoms with Crippen LogP contribution in [0.15, 0.2) is 24.3 Å². The maximum Gasteiger partial charge on any atom is 0.243 e. The molecule has 1 N–H and O–H groups in total. The first-order chi connectivity index (χ1) is 10.2. The number of carbonyl (C=O) groups excluding carboxylic acids is 1. The first-order valence-electron chi connectivity index (χ1n) is 7.22. The van der Waals surface area contributed by atoms with E-state index in [0.717, 1.165) is 23.4 Å². The largest absolute Gasteiger partial charge is 0.352 e. The van der Waals surface area contributed by atoms with Crippen LogP contribution in [0.3, 0.4) is 0 Å². The van der Waals surface area contributed by atoms with Gasteiger partial charge in [0.05, 0.1) is 11.9 Å². The molecule has 0 aliphatic rings. The Balaban J connectivity index is 3.05. The van der Waals surface area contributed by atoms with E-state index in [1.54, 1.807) is 25.1 Å². The predicted molar refractivity (Wildman–Crippen MR) is 90.7 cm³/mol. The van der Waals surface area contributed by atoms with E-state index in [4.69, 9.17) is 11.6 Å². The molecule has 0 aromatic heterocycles. The average Bonchev–Trinajstić information content (AvgIpc) is 2.37. The smallest absolute Gasteiger partial charge is 0.243 e. The van der Waals surface area contributed by atoms with Gasteiger partial charge in [-0.15, -0.1) is 0 Å². The third kappa shape index (κ3) is 5.18. The molecule has 0 spiro atoms. The molecule has 2 atom stereocenters. The lowest BCUT2D eigenvalue weighted by atomic mass is 10.2. The highest BCUT2D eigenvalue weighted by Crippen LogP contribution is 2.24. The summed E-state index contributed by atoms with van der Waals surface area (Å²) in [6.45, 7) is 5.50. The maximum absolute atomic E-state index is 12.3. The van der Waals surface area contributed by atoms with Crippen LogP contribution in [0.5, 0.6) is 0 Å². The molecule has 7 heteroatoms. The Morgan fingerprint density at radius 2 is 2.00 bits per heavy atom. The van der Waals surface area contributed by atoms with Crippen LogP contribution in [0.4, 0.5) is 5.69 Å². The van der Waals surface area contributed by atoms with Crippen molar-refractivity contribution in [1.82, 2.24) is 5.32 Å². The number of rotatable bonds is 7. The highest BCUT2D eigenvalue weighted by atomic mass is 35.5. The number of hydrogen-bond donors (Lipinski definition) is 1. The Bertz CT molecular complexity index is 619. The van der Waals surface area contributed by atoms with Gasteiger partial charge in [0.25, 0.3) is 0 Å². The van der Waals surface area contributed by atoms with E-state index in [2.05, 4.69) is 5.32 Å². The van der Waals surface area contributed by atoms with Crippen molar-refractivity contribution in [2.45, 2.75) is 45.7 Å². The van der Waals surface area contributed by atoms with Crippen molar-refractivity contribution in [3.05, 3.63) is 29.3 Å². The van der Waals surface area contributed by atoms with Gasteiger partial charge in [-0.05, 0) is 38.5 Å². The number of amides is 1. The van der Waals surface area contributed by atoms with Crippen molar-refractivity contribution in [3.8, 4) is 0 Å². The van der Waals surface area contributed by atoms with Gasteiger partial charge in [-0.1, -0.05) is 31.0 Å². The molecular weight excluding hydrogens is 324 g/mol. The van der Waals surface area contributed by atoms with Gasteiger partial charge in [-0.3, -0.25) is 9.10 Å². The number of halogens is 1. The number of nitrogens with zero attached hydrogens (tertiary/aromatic N) is 1. The van der Waals surface area contributed by atoms with Crippen LogP contribution in [0.2, 0.25) is 5.02 Å². The van der Waals surface area contributed by atoms with Gasteiger partial charge < -0.3 is 5.32 Å². The molecule has 0 saturated heterocycles. The molecule has 0 saturated carbocycles. The standard InChI is InChI=1S/C15H23ClN2O3S/c1-5-7-11(2)17-15(19)12(3)18(22(4,20)21)14-9-6-8-13(16)10-14/h6,8-12H,5,7H2,1-4H3,(H,17,19)/t11-,12-/m1/s1. The van der Waals surface area contributed by atoms with Crippen molar-refractivity contribution in [3.63, 3.8) is 0 Å². The summed E-state index contributed by atoms with van der Waals surface area (Å²) in [7, 11) is -3.61. The highest BCUT2D eigenvalue weighted by molar-refractivity contribution is 7.92. The summed E-state index contributed by atoms with van der Waals surface area (Å²) in [5, 5.41) is 3.25. The van der Waals surface area contributed by atoms with Gasteiger partial charge in [0.1, 0.15) is 6.04 Å². The predicted octanol–water partition coefficient (Wildman–Crippen LogP) is 2.80. The normalized spacial score (nSPS) is 14.2. The molecule has 0 radical (unpaired) electrons. The first kappa shape index (κ1) is 18.8. The lowest BCUT2D eigenvalue weighted by Gasteiger charge is -2.29. The summed E-state index contributed by atoms with van der Waals surface area (Å²) >= 11 is 5.93. The summed E-state index contributed by atoms with van der Waals surface area (Å²) in [6.07, 6.45) is 2.86. The van der Waals surface area contributed by atoms with Crippen LogP contribution in [0.25, 0.3) is 0 Å². The first-order valence-corrected chi connectivity index (χ1v) is 9.44. The fraction of sp³-hybridized carbons (Fsp3) is 0.533. The van der Waals surface area contributed by atoms with E-state index in [1.165, 1.54) is 6.07 Å². The summed E-state index contributed by atoms with van der Waals surface area (Å²) in [4.78, 5) is 12.3. The van der Waals surface area contributed by atoms with Gasteiger partial charge >= 0.3 is 0 Å². The van der Waals surface area contributed by atoms with Crippen molar-refractivity contribution >= 4 is 33.2 Å². The molecule has 0 heterocycles. The van der Waals surface area contributed by atoms with Crippen molar-refractivity contribution in [2.75, 3.05) is 10.6 Å². The Morgan fingerprint density at radius 3 is 2.50 bits per heavy atom. The second-order valence-corrected chi connectivity index (χ2v) is 7.71. The molecule has 1 aromatic rings. The minimum absolute atomic E-state index is 0.000668. The molecule has 0 bridgehead atoms. The van der Waals surface area contributed by atoms with Crippen molar-refractivity contribution < 1.29 is 13.2 Å². The van der Waals surface area contributed by atoms with Crippen LogP contribution in [0.1, 0.15) is 33.6 Å². The molecule has 0 fully saturated rings. The monoisotopic (exact) mass is 346 g/mol. The summed E-state index contributed by atoms with van der Waals surface area (Å²) in [6, 6.07) is 5.60. The summed E-state index contributed by atoms with van der Waals surface area (Å²) in [5.41, 5.74) is 0.376. The zero-order valence-corrected chi connectivity index (χ0v) is 14.9. The minimum Gasteiger partial charge on any atom is -0.352 e. The van der Waals surface area contributed by atoms with Crippen LogP contribution >= 0.6 is 11.6 Å². The minimum atomic E-state index is -3.61. The molecular formula is C15H23ClN2O3S. The van der Waals surface area contributed by atoms with Gasteiger partial charge in [0, 0.05) is 11.1 Å². The number of carbonyl (C=O) groups is 1. The molecule has 0 aliphatic carbocycles. The van der Waals surface area contributed by atoms with E-state index in [1.807, 2.05) is 13.8 Å². The Kier molecular flexibility index (Phi) is 6.68. The number of anilines is 1. The second kappa shape index (κ2) is 7.83. The van der Waals surface area contributed by atoms with Crippen molar-refractivity contribution in [2.24, 2.45) is 0 Å². The highest BCUT2D eigenvalue weighted by Gasteiger charge is 2.29. The van der Waals surface area contributed by atoms with Crippen molar-refractivity contribution in [1.29, 1.82) is 0 Å². The molecule has 0 aliphatic heterocycles. The quantitative estimate of drug-likeness (QED) is 0.825. The fourth-order valence-corrected chi connectivity index (χ4v) is 3.64. The molecule has 1 aromatic carbocycles. The van der Waals surface area contributed by atoms with E-state index < -0.39 is 16.1 Å². The average molecular weight is 347 g/mol. The van der Waals surface area contributed by atoms with Gasteiger partial charge in [-0.25, -0.2) is 8.42 Å². The van der Waals surface area contributed by atoms with Gasteiger partial charge in [0.2, 0.25) is 15.9 Å². The molecule has 5 nitrogen and oxygen atoms in total. The molecule has 124 valence electrons. The number of benzene rings is 1. The number of hydrogen-bond acceptors (Lipinski definition) is 3. The maximum atomic E-state index is 12.3. The lowest BCUT2D eigenvalue weighted by Crippen LogP contribution is -2.49. The second-order valence-electron chi connectivity index (χ2n) is 5.41. The van der Waals surface area contributed by atoms with Gasteiger partial charge in [0.15, 0.2) is 0 Å². The Hall–Kier alpha value is -1.27. The molecule has 1 rings (SSSR count). The lowest BCUT2D eigenvalue weighted by molar-refractivity contribution is -0.122. The fourth-order valence-electron chi connectivity index (χ4n) is 2.29. The van der Waals surface area contributed by atoms with Crippen LogP contribution in [-0.4, -0.2) is 32.7 Å². The van der Waals surface area contributed by atoms with Crippen LogP contribution in [0, 0.1) is 0 Å². The third-order valence-corrected chi connectivity index (χ3v) is 4.74. The third-order valence-electron chi connectivity index (χ3n) is 3.26. The topological polar surface area (TPSA) is 66.5 Å². The zero-order chi connectivity index (χ0) is 16.9. The summed E-state index contributed by atoms with van der Waals surface area (Å²) < 4.78 is 25.3. The Morgan fingerprint density at radius 1 is 1.36 bits per heavy atom. The molecule has 1 amide bonds. The van der Waals surface area contributed by atoms with Crippen LogP contribution < -0.4 is 9.62 Å². The number of nitrogens with one attached hydrogen (secondary N) is 1. The van der Waals surface area contributed by atoms with Gasteiger partial charge in [-0.2, -0.15) is 0 Å². The van der Waals surface area contributed by atoms with E-state index in [9.17, 15) is 13.2 Å². The zero-order valence-electron chi connectivity index (χ0n) is 13.3. The van der Waals surface area contributed by atoms with Crippen LogP contribution in [-0.2, 0) is 14.8 Å². The molecule has 22 heavy (non-hydrogen) atoms. The summed E-state index contributed by atoms with van der Waals surface area (Å²) in [5.74, 6) is -0.327. The van der Waals surface area contributed by atoms with E-state index in [-0.39, 0.29) is 11.9 Å². The Labute approximate surface area is 137 Å².